The maximum absolute atomic E-state index is 12.5. The van der Waals surface area contributed by atoms with Crippen LogP contribution in [0.1, 0.15) is 12.0 Å². The van der Waals surface area contributed by atoms with Crippen LogP contribution in [0.25, 0.3) is 0 Å². The molecule has 1 aromatic carbocycles. The van der Waals surface area contributed by atoms with E-state index in [-0.39, 0.29) is 6.04 Å². The van der Waals surface area contributed by atoms with Crippen LogP contribution in [-0.4, -0.2) is 37.3 Å². The van der Waals surface area contributed by atoms with Crippen molar-refractivity contribution in [2.75, 3.05) is 18.6 Å². The Labute approximate surface area is 121 Å². The van der Waals surface area contributed by atoms with Crippen LogP contribution in [-0.2, 0) is 10.0 Å². The van der Waals surface area contributed by atoms with Gasteiger partial charge >= 0.3 is 0 Å². The van der Waals surface area contributed by atoms with Gasteiger partial charge in [0.1, 0.15) is 0 Å². The summed E-state index contributed by atoms with van der Waals surface area (Å²) in [5.74, 6) is 1.94. The number of thioether (sulfide) groups is 1. The van der Waals surface area contributed by atoms with Crippen molar-refractivity contribution in [3.63, 3.8) is 0 Å². The smallest absolute Gasteiger partial charge is 0.207 e. The SMILES string of the molecule is Cc1cc(S(=O)(=O)N(C)C2CCSC2)ccc1Br. The fraction of sp³-hybridized carbons (Fsp3) is 0.500. The van der Waals surface area contributed by atoms with E-state index in [1.54, 1.807) is 25.2 Å². The first-order valence-electron chi connectivity index (χ1n) is 5.75. The molecule has 1 unspecified atom stereocenters. The molecule has 1 atom stereocenters. The zero-order valence-electron chi connectivity index (χ0n) is 10.4. The lowest BCUT2D eigenvalue weighted by Crippen LogP contribution is -2.36. The summed E-state index contributed by atoms with van der Waals surface area (Å²) < 4.78 is 27.4. The summed E-state index contributed by atoms with van der Waals surface area (Å²) in [5.41, 5.74) is 0.935. The van der Waals surface area contributed by atoms with E-state index in [0.717, 1.165) is 28.0 Å². The van der Waals surface area contributed by atoms with Gasteiger partial charge in [-0.3, -0.25) is 0 Å². The molecule has 0 radical (unpaired) electrons. The van der Waals surface area contributed by atoms with Crippen LogP contribution < -0.4 is 0 Å². The highest BCUT2D eigenvalue weighted by Crippen LogP contribution is 2.27. The minimum Gasteiger partial charge on any atom is -0.207 e. The van der Waals surface area contributed by atoms with Crippen LogP contribution in [0.4, 0.5) is 0 Å². The van der Waals surface area contributed by atoms with Crippen molar-refractivity contribution in [2.24, 2.45) is 0 Å². The van der Waals surface area contributed by atoms with Crippen LogP contribution in [0.5, 0.6) is 0 Å². The van der Waals surface area contributed by atoms with Crippen molar-refractivity contribution in [1.82, 2.24) is 4.31 Å². The maximum Gasteiger partial charge on any atom is 0.243 e. The van der Waals surface area contributed by atoms with E-state index in [0.29, 0.717) is 4.90 Å². The predicted octanol–water partition coefficient (Wildman–Crippen LogP) is 2.88. The average molecular weight is 350 g/mol. The Morgan fingerprint density at radius 2 is 2.17 bits per heavy atom. The Morgan fingerprint density at radius 1 is 1.44 bits per heavy atom. The lowest BCUT2D eigenvalue weighted by Gasteiger charge is -2.23. The predicted molar refractivity (Wildman–Crippen MR) is 79.6 cm³/mol. The van der Waals surface area contributed by atoms with Gasteiger partial charge in [0, 0.05) is 23.3 Å². The summed E-state index contributed by atoms with van der Waals surface area (Å²) in [6, 6.07) is 5.30. The van der Waals surface area contributed by atoms with Crippen LogP contribution in [0.2, 0.25) is 0 Å². The molecule has 1 aromatic rings. The van der Waals surface area contributed by atoms with Crippen molar-refractivity contribution in [3.8, 4) is 0 Å². The molecule has 2 rings (SSSR count). The van der Waals surface area contributed by atoms with Gasteiger partial charge in [0.2, 0.25) is 10.0 Å². The quantitative estimate of drug-likeness (QED) is 0.841. The van der Waals surface area contributed by atoms with E-state index >= 15 is 0 Å². The molecule has 0 bridgehead atoms. The Balaban J connectivity index is 2.32. The van der Waals surface area contributed by atoms with E-state index in [1.807, 2.05) is 18.7 Å². The Hall–Kier alpha value is -0.0400. The number of sulfonamides is 1. The summed E-state index contributed by atoms with van der Waals surface area (Å²) in [7, 11) is -1.68. The second-order valence-electron chi connectivity index (χ2n) is 4.45. The Bertz CT molecular complexity index is 539. The number of hydrogen-bond donors (Lipinski definition) is 0. The summed E-state index contributed by atoms with van der Waals surface area (Å²) in [6.07, 6.45) is 0.940. The van der Waals surface area contributed by atoms with Crippen LogP contribution in [0.3, 0.4) is 0 Å². The van der Waals surface area contributed by atoms with E-state index in [4.69, 9.17) is 0 Å². The minimum atomic E-state index is -3.36. The lowest BCUT2D eigenvalue weighted by molar-refractivity contribution is 0.394. The van der Waals surface area contributed by atoms with E-state index < -0.39 is 10.0 Å². The molecule has 0 spiro atoms. The molecule has 0 saturated carbocycles. The number of nitrogens with zero attached hydrogens (tertiary/aromatic N) is 1. The van der Waals surface area contributed by atoms with Crippen molar-refractivity contribution < 1.29 is 8.42 Å². The van der Waals surface area contributed by atoms with Gasteiger partial charge in [0.25, 0.3) is 0 Å². The van der Waals surface area contributed by atoms with E-state index in [9.17, 15) is 8.42 Å². The average Bonchev–Trinajstić information content (AvgIpc) is 2.85. The molecule has 100 valence electrons. The van der Waals surface area contributed by atoms with E-state index in [1.165, 1.54) is 4.31 Å². The van der Waals surface area contributed by atoms with Crippen LogP contribution in [0, 0.1) is 6.92 Å². The van der Waals surface area contributed by atoms with Gasteiger partial charge < -0.3 is 0 Å². The topological polar surface area (TPSA) is 37.4 Å². The largest absolute Gasteiger partial charge is 0.243 e. The van der Waals surface area contributed by atoms with Crippen LogP contribution in [0.15, 0.2) is 27.6 Å². The van der Waals surface area contributed by atoms with Gasteiger partial charge in [-0.15, -0.1) is 0 Å². The van der Waals surface area contributed by atoms with Crippen LogP contribution >= 0.6 is 27.7 Å². The second-order valence-corrected chi connectivity index (χ2v) is 8.45. The van der Waals surface area contributed by atoms with Gasteiger partial charge in [-0.2, -0.15) is 16.1 Å². The van der Waals surface area contributed by atoms with Gasteiger partial charge in [-0.1, -0.05) is 15.9 Å². The lowest BCUT2D eigenvalue weighted by atomic mass is 10.2. The molecule has 18 heavy (non-hydrogen) atoms. The number of aryl methyl sites for hydroxylation is 1. The molecule has 1 aliphatic heterocycles. The summed E-state index contributed by atoms with van der Waals surface area (Å²) in [5, 5.41) is 0. The Kier molecular flexibility index (Phi) is 4.41. The first kappa shape index (κ1) is 14.4. The van der Waals surface area contributed by atoms with Gasteiger partial charge in [-0.25, -0.2) is 8.42 Å². The third-order valence-electron chi connectivity index (χ3n) is 3.23. The highest BCUT2D eigenvalue weighted by Gasteiger charge is 2.30. The number of hydrogen-bond acceptors (Lipinski definition) is 3. The normalized spacial score (nSPS) is 20.6. The number of halogens is 1. The maximum atomic E-state index is 12.5. The van der Waals surface area contributed by atoms with Gasteiger partial charge in [-0.05, 0) is 42.9 Å². The van der Waals surface area contributed by atoms with E-state index in [2.05, 4.69) is 15.9 Å². The van der Waals surface area contributed by atoms with Gasteiger partial charge in [0.05, 0.1) is 4.90 Å². The molecule has 3 nitrogen and oxygen atoms in total. The molecule has 0 aliphatic carbocycles. The summed E-state index contributed by atoms with van der Waals surface area (Å²) in [4.78, 5) is 0.377. The van der Waals surface area contributed by atoms with Crippen molar-refractivity contribution in [2.45, 2.75) is 24.3 Å². The summed E-state index contributed by atoms with van der Waals surface area (Å²) in [6.45, 7) is 1.90. The minimum absolute atomic E-state index is 0.129. The zero-order valence-corrected chi connectivity index (χ0v) is 13.6. The third-order valence-corrected chi connectivity index (χ3v) is 7.17. The molecule has 1 heterocycles. The van der Waals surface area contributed by atoms with Gasteiger partial charge in [0.15, 0.2) is 0 Å². The fourth-order valence-corrected chi connectivity index (χ4v) is 5.03. The second kappa shape index (κ2) is 5.53. The molecular formula is C12H16BrNO2S2. The number of benzene rings is 1. The third kappa shape index (κ3) is 2.76. The molecule has 1 saturated heterocycles. The molecule has 0 amide bonds. The van der Waals surface area contributed by atoms with Crippen molar-refractivity contribution >= 4 is 37.7 Å². The first-order chi connectivity index (χ1) is 8.43. The molecular weight excluding hydrogens is 334 g/mol. The first-order valence-corrected chi connectivity index (χ1v) is 9.13. The van der Waals surface area contributed by atoms with Crippen molar-refractivity contribution in [3.05, 3.63) is 28.2 Å². The highest BCUT2D eigenvalue weighted by molar-refractivity contribution is 9.10. The fourth-order valence-electron chi connectivity index (χ4n) is 1.95. The molecule has 0 aromatic heterocycles. The Morgan fingerprint density at radius 3 is 2.72 bits per heavy atom. The van der Waals surface area contributed by atoms with Crippen molar-refractivity contribution in [1.29, 1.82) is 0 Å². The number of rotatable bonds is 3. The molecule has 6 heteroatoms. The monoisotopic (exact) mass is 349 g/mol. The molecule has 0 N–H and O–H groups in total. The molecule has 1 aliphatic rings. The summed E-state index contributed by atoms with van der Waals surface area (Å²) >= 11 is 5.20. The standard InChI is InChI=1S/C12H16BrNO2S2/c1-9-7-11(3-4-12(9)13)18(15,16)14(2)10-5-6-17-8-10/h3-4,7,10H,5-6,8H2,1-2H3. The highest BCUT2D eigenvalue weighted by atomic mass is 79.9. The zero-order chi connectivity index (χ0) is 13.3. The molecule has 1 fully saturated rings.